The van der Waals surface area contributed by atoms with E-state index in [1.165, 1.54) is 11.3 Å². The molecule has 2 heterocycles. The minimum absolute atomic E-state index is 0.535. The van der Waals surface area contributed by atoms with Gasteiger partial charge in [0.15, 0.2) is 5.17 Å². The van der Waals surface area contributed by atoms with E-state index in [1.54, 1.807) is 11.3 Å². The van der Waals surface area contributed by atoms with Gasteiger partial charge >= 0.3 is 0 Å². The normalized spacial score (nSPS) is 28.1. The summed E-state index contributed by atoms with van der Waals surface area (Å²) in [5, 5.41) is 6.24. The zero-order chi connectivity index (χ0) is 11.5. The molecule has 1 fully saturated rings. The molecule has 1 aromatic rings. The predicted molar refractivity (Wildman–Crippen MR) is 72.3 cm³/mol. The minimum atomic E-state index is 0.535. The summed E-state index contributed by atoms with van der Waals surface area (Å²) in [6, 6.07) is 0.535. The Balaban J connectivity index is 1.96. The van der Waals surface area contributed by atoms with Crippen LogP contribution in [0.25, 0.3) is 0 Å². The van der Waals surface area contributed by atoms with Gasteiger partial charge in [0.05, 0.1) is 6.54 Å². The van der Waals surface area contributed by atoms with Crippen molar-refractivity contribution in [2.45, 2.75) is 45.0 Å². The second-order valence-electron chi connectivity index (χ2n) is 4.20. The van der Waals surface area contributed by atoms with Gasteiger partial charge in [-0.3, -0.25) is 4.99 Å². The van der Waals surface area contributed by atoms with Crippen molar-refractivity contribution in [1.29, 1.82) is 0 Å². The molecule has 1 saturated heterocycles. The number of hydrogen-bond donors (Lipinski definition) is 1. The SMILES string of the molecule is Cc1cnc(CN=C2NC(C)CC(C)S2)s1. The number of thiazole rings is 1. The maximum atomic E-state index is 4.58. The van der Waals surface area contributed by atoms with Crippen LogP contribution in [0.4, 0.5) is 0 Å². The Labute approximate surface area is 105 Å². The summed E-state index contributed by atoms with van der Waals surface area (Å²) in [6.07, 6.45) is 3.12. The van der Waals surface area contributed by atoms with Gasteiger partial charge in [-0.1, -0.05) is 18.7 Å². The van der Waals surface area contributed by atoms with Gasteiger partial charge in [0.1, 0.15) is 5.01 Å². The Kier molecular flexibility index (Phi) is 3.86. The van der Waals surface area contributed by atoms with Crippen molar-refractivity contribution in [3.8, 4) is 0 Å². The lowest BCUT2D eigenvalue weighted by atomic mass is 10.2. The van der Waals surface area contributed by atoms with Crippen molar-refractivity contribution in [3.63, 3.8) is 0 Å². The van der Waals surface area contributed by atoms with E-state index in [2.05, 4.69) is 36.1 Å². The van der Waals surface area contributed by atoms with Crippen LogP contribution >= 0.6 is 23.1 Å². The zero-order valence-electron chi connectivity index (χ0n) is 9.86. The smallest absolute Gasteiger partial charge is 0.157 e. The number of nitrogens with zero attached hydrogens (tertiary/aromatic N) is 2. The van der Waals surface area contributed by atoms with Crippen LogP contribution in [0.1, 0.15) is 30.2 Å². The highest BCUT2D eigenvalue weighted by atomic mass is 32.2. The Morgan fingerprint density at radius 1 is 1.56 bits per heavy atom. The second kappa shape index (κ2) is 5.19. The first-order valence-electron chi connectivity index (χ1n) is 5.52. The standard InChI is InChI=1S/C11H17N3S2/c1-7-4-8(2)16-11(14-7)13-6-10-12-5-9(3)15-10/h5,7-8H,4,6H2,1-3H3,(H,13,14). The van der Waals surface area contributed by atoms with Crippen LogP contribution < -0.4 is 5.32 Å². The van der Waals surface area contributed by atoms with Crippen molar-refractivity contribution in [2.24, 2.45) is 4.99 Å². The number of nitrogens with one attached hydrogen (secondary N) is 1. The molecule has 1 aliphatic rings. The van der Waals surface area contributed by atoms with Crippen LogP contribution in [-0.2, 0) is 6.54 Å². The summed E-state index contributed by atoms with van der Waals surface area (Å²) in [5.41, 5.74) is 0. The lowest BCUT2D eigenvalue weighted by molar-refractivity contribution is 0.597. The molecular formula is C11H17N3S2. The van der Waals surface area contributed by atoms with E-state index < -0.39 is 0 Å². The average Bonchev–Trinajstić information content (AvgIpc) is 2.60. The summed E-state index contributed by atoms with van der Waals surface area (Å²) in [7, 11) is 0. The Hall–Kier alpha value is -0.550. The lowest BCUT2D eigenvalue weighted by Gasteiger charge is -2.26. The highest BCUT2D eigenvalue weighted by Crippen LogP contribution is 2.23. The van der Waals surface area contributed by atoms with Crippen LogP contribution in [0.2, 0.25) is 0 Å². The molecule has 3 nitrogen and oxygen atoms in total. The molecule has 0 amide bonds. The molecule has 0 saturated carbocycles. The molecule has 1 aromatic heterocycles. The largest absolute Gasteiger partial charge is 0.362 e. The Bertz CT molecular complexity index is 374. The van der Waals surface area contributed by atoms with Crippen molar-refractivity contribution >= 4 is 28.3 Å². The molecule has 2 rings (SSSR count). The van der Waals surface area contributed by atoms with Crippen molar-refractivity contribution in [2.75, 3.05) is 0 Å². The fourth-order valence-electron chi connectivity index (χ4n) is 1.74. The van der Waals surface area contributed by atoms with Gasteiger partial charge in [-0.05, 0) is 20.3 Å². The third-order valence-electron chi connectivity index (χ3n) is 2.40. The van der Waals surface area contributed by atoms with Crippen molar-refractivity contribution < 1.29 is 0 Å². The summed E-state index contributed by atoms with van der Waals surface area (Å²) in [5.74, 6) is 0. The summed E-state index contributed by atoms with van der Waals surface area (Å²) in [6.45, 7) is 7.24. The third kappa shape index (κ3) is 3.22. The third-order valence-corrected chi connectivity index (χ3v) is 4.36. The molecule has 2 unspecified atom stereocenters. The van der Waals surface area contributed by atoms with Crippen LogP contribution in [0.3, 0.4) is 0 Å². The number of aryl methyl sites for hydroxylation is 1. The van der Waals surface area contributed by atoms with Crippen molar-refractivity contribution in [1.82, 2.24) is 10.3 Å². The van der Waals surface area contributed by atoms with E-state index in [4.69, 9.17) is 0 Å². The van der Waals surface area contributed by atoms with Crippen LogP contribution in [-0.4, -0.2) is 21.4 Å². The molecule has 5 heteroatoms. The van der Waals surface area contributed by atoms with Gasteiger partial charge in [-0.2, -0.15) is 0 Å². The maximum absolute atomic E-state index is 4.58. The Morgan fingerprint density at radius 3 is 3.00 bits per heavy atom. The minimum Gasteiger partial charge on any atom is -0.362 e. The highest BCUT2D eigenvalue weighted by Gasteiger charge is 2.19. The number of aliphatic imine (C=N–C) groups is 1. The van der Waals surface area contributed by atoms with Crippen LogP contribution in [0.15, 0.2) is 11.2 Å². The molecule has 0 spiro atoms. The maximum Gasteiger partial charge on any atom is 0.157 e. The fraction of sp³-hybridized carbons (Fsp3) is 0.636. The summed E-state index contributed by atoms with van der Waals surface area (Å²) in [4.78, 5) is 10.1. The number of thioether (sulfide) groups is 1. The summed E-state index contributed by atoms with van der Waals surface area (Å²) < 4.78 is 0. The number of amidine groups is 1. The van der Waals surface area contributed by atoms with E-state index in [0.29, 0.717) is 17.8 Å². The first-order chi connectivity index (χ1) is 7.63. The number of aromatic nitrogens is 1. The van der Waals surface area contributed by atoms with Gasteiger partial charge < -0.3 is 5.32 Å². The van der Waals surface area contributed by atoms with E-state index in [1.807, 2.05) is 18.0 Å². The number of hydrogen-bond acceptors (Lipinski definition) is 4. The fourth-order valence-corrected chi connectivity index (χ4v) is 3.62. The monoisotopic (exact) mass is 255 g/mol. The molecule has 0 aliphatic carbocycles. The van der Waals surface area contributed by atoms with Crippen LogP contribution in [0, 0.1) is 6.92 Å². The van der Waals surface area contributed by atoms with E-state index in [0.717, 1.165) is 10.2 Å². The van der Waals surface area contributed by atoms with Gasteiger partial charge in [0.2, 0.25) is 0 Å². The quantitative estimate of drug-likeness (QED) is 0.883. The summed E-state index contributed by atoms with van der Waals surface area (Å²) >= 11 is 3.55. The van der Waals surface area contributed by atoms with Gasteiger partial charge in [0, 0.05) is 22.4 Å². The molecule has 0 bridgehead atoms. The van der Waals surface area contributed by atoms with Gasteiger partial charge in [0.25, 0.3) is 0 Å². The van der Waals surface area contributed by atoms with Gasteiger partial charge in [-0.25, -0.2) is 4.98 Å². The molecule has 16 heavy (non-hydrogen) atoms. The first-order valence-corrected chi connectivity index (χ1v) is 7.22. The molecule has 1 N–H and O–H groups in total. The van der Waals surface area contributed by atoms with Crippen molar-refractivity contribution in [3.05, 3.63) is 16.1 Å². The molecular weight excluding hydrogens is 238 g/mol. The predicted octanol–water partition coefficient (Wildman–Crippen LogP) is 2.81. The molecule has 0 radical (unpaired) electrons. The molecule has 1 aliphatic heterocycles. The molecule has 88 valence electrons. The zero-order valence-corrected chi connectivity index (χ0v) is 11.5. The second-order valence-corrected chi connectivity index (χ2v) is 6.94. The molecule has 0 aromatic carbocycles. The van der Waals surface area contributed by atoms with E-state index in [-0.39, 0.29) is 0 Å². The van der Waals surface area contributed by atoms with E-state index in [9.17, 15) is 0 Å². The average molecular weight is 255 g/mol. The lowest BCUT2D eigenvalue weighted by Crippen LogP contribution is -2.38. The van der Waals surface area contributed by atoms with E-state index >= 15 is 0 Å². The highest BCUT2D eigenvalue weighted by molar-refractivity contribution is 8.14. The molecule has 2 atom stereocenters. The van der Waals surface area contributed by atoms with Crippen LogP contribution in [0.5, 0.6) is 0 Å². The number of rotatable bonds is 2. The first kappa shape index (κ1) is 11.9. The Morgan fingerprint density at radius 2 is 2.38 bits per heavy atom. The topological polar surface area (TPSA) is 37.3 Å². The van der Waals surface area contributed by atoms with Gasteiger partial charge in [-0.15, -0.1) is 11.3 Å².